The number of aromatic amines is 1. The summed E-state index contributed by atoms with van der Waals surface area (Å²) in [6.07, 6.45) is 2.03. The molecule has 1 aromatic rings. The van der Waals surface area contributed by atoms with Gasteiger partial charge in [-0.05, 0) is 25.7 Å². The maximum absolute atomic E-state index is 12.8. The Bertz CT molecular complexity index is 375. The normalized spacial score (nSPS) is 26.3. The van der Waals surface area contributed by atoms with Gasteiger partial charge in [0.1, 0.15) is 5.82 Å². The second-order valence-electron chi connectivity index (χ2n) is 5.20. The summed E-state index contributed by atoms with van der Waals surface area (Å²) in [4.78, 5) is 7.20. The fourth-order valence-corrected chi connectivity index (χ4v) is 2.78. The Hall–Kier alpha value is -1.04. The Morgan fingerprint density at radius 1 is 1.47 bits per heavy atom. The number of nitrogens with one attached hydrogen (secondary N) is 2. The Labute approximate surface area is 111 Å². The molecule has 1 aromatic heterocycles. The first-order valence-corrected chi connectivity index (χ1v) is 6.82. The molecule has 3 atom stereocenters. The van der Waals surface area contributed by atoms with Gasteiger partial charge in [-0.15, -0.1) is 0 Å². The number of alkyl halides is 3. The highest BCUT2D eigenvalue weighted by molar-refractivity contribution is 4.97. The molecule has 19 heavy (non-hydrogen) atoms. The highest BCUT2D eigenvalue weighted by Crippen LogP contribution is 2.38. The number of nitrogens with zero attached hydrogens (tertiary/aromatic N) is 1. The molecule has 0 spiro atoms. The molecule has 6 heteroatoms. The van der Waals surface area contributed by atoms with E-state index in [4.69, 9.17) is 0 Å². The first kappa shape index (κ1) is 14.4. The number of halogens is 3. The van der Waals surface area contributed by atoms with E-state index in [0.29, 0.717) is 6.42 Å². The van der Waals surface area contributed by atoms with Crippen molar-refractivity contribution in [1.29, 1.82) is 0 Å². The molecule has 0 bridgehead atoms. The van der Waals surface area contributed by atoms with Gasteiger partial charge in [0.2, 0.25) is 0 Å². The first-order valence-electron chi connectivity index (χ1n) is 6.82. The Morgan fingerprint density at radius 3 is 2.84 bits per heavy atom. The summed E-state index contributed by atoms with van der Waals surface area (Å²) in [5, 5.41) is 3.32. The molecule has 0 amide bonds. The van der Waals surface area contributed by atoms with E-state index < -0.39 is 12.1 Å². The van der Waals surface area contributed by atoms with Crippen molar-refractivity contribution >= 4 is 0 Å². The monoisotopic (exact) mass is 275 g/mol. The second-order valence-corrected chi connectivity index (χ2v) is 5.20. The first-order chi connectivity index (χ1) is 9.00. The second kappa shape index (κ2) is 5.94. The SMILES string of the molecule is CCC(NC1CCCC(C(F)(F)F)C1)c1ncc[nH]1. The zero-order valence-corrected chi connectivity index (χ0v) is 11.0. The molecule has 3 unspecified atom stereocenters. The van der Waals surface area contributed by atoms with Crippen LogP contribution in [0, 0.1) is 5.92 Å². The summed E-state index contributed by atoms with van der Waals surface area (Å²) in [5.41, 5.74) is 0. The summed E-state index contributed by atoms with van der Waals surface area (Å²) >= 11 is 0. The predicted octanol–water partition coefficient (Wildman–Crippen LogP) is 3.57. The number of hydrogen-bond donors (Lipinski definition) is 2. The highest BCUT2D eigenvalue weighted by Gasteiger charge is 2.42. The van der Waals surface area contributed by atoms with Gasteiger partial charge >= 0.3 is 6.18 Å². The van der Waals surface area contributed by atoms with Crippen molar-refractivity contribution in [2.24, 2.45) is 5.92 Å². The van der Waals surface area contributed by atoms with Crippen LogP contribution in [0.25, 0.3) is 0 Å². The van der Waals surface area contributed by atoms with Crippen molar-refractivity contribution in [3.8, 4) is 0 Å². The number of imidazole rings is 1. The molecule has 1 aliphatic carbocycles. The van der Waals surface area contributed by atoms with Crippen LogP contribution in [0.4, 0.5) is 13.2 Å². The van der Waals surface area contributed by atoms with E-state index in [9.17, 15) is 13.2 Å². The van der Waals surface area contributed by atoms with E-state index in [-0.39, 0.29) is 24.9 Å². The van der Waals surface area contributed by atoms with Crippen LogP contribution in [0.1, 0.15) is 50.9 Å². The van der Waals surface area contributed by atoms with Crippen molar-refractivity contribution in [1.82, 2.24) is 15.3 Å². The molecule has 0 saturated heterocycles. The summed E-state index contributed by atoms with van der Waals surface area (Å²) in [6, 6.07) is -0.0672. The zero-order valence-electron chi connectivity index (χ0n) is 11.0. The molecule has 0 aromatic carbocycles. The molecule has 2 N–H and O–H groups in total. The van der Waals surface area contributed by atoms with Gasteiger partial charge in [-0.25, -0.2) is 4.98 Å². The summed E-state index contributed by atoms with van der Waals surface area (Å²) in [7, 11) is 0. The van der Waals surface area contributed by atoms with Gasteiger partial charge in [0.05, 0.1) is 12.0 Å². The van der Waals surface area contributed by atoms with E-state index in [1.54, 1.807) is 12.4 Å². The van der Waals surface area contributed by atoms with Gasteiger partial charge in [-0.2, -0.15) is 13.2 Å². The van der Waals surface area contributed by atoms with E-state index in [0.717, 1.165) is 18.7 Å². The Kier molecular flexibility index (Phi) is 4.50. The average molecular weight is 275 g/mol. The van der Waals surface area contributed by atoms with Gasteiger partial charge in [-0.1, -0.05) is 13.3 Å². The summed E-state index contributed by atoms with van der Waals surface area (Å²) < 4.78 is 38.3. The lowest BCUT2D eigenvalue weighted by Gasteiger charge is -2.33. The van der Waals surface area contributed by atoms with Crippen LogP contribution in [0.2, 0.25) is 0 Å². The third-order valence-corrected chi connectivity index (χ3v) is 3.83. The fraction of sp³-hybridized carbons (Fsp3) is 0.769. The van der Waals surface area contributed by atoms with Crippen molar-refractivity contribution in [3.63, 3.8) is 0 Å². The minimum absolute atomic E-state index is 0.00647. The van der Waals surface area contributed by atoms with Crippen LogP contribution in [0.5, 0.6) is 0 Å². The van der Waals surface area contributed by atoms with Crippen molar-refractivity contribution in [3.05, 3.63) is 18.2 Å². The topological polar surface area (TPSA) is 40.7 Å². The van der Waals surface area contributed by atoms with Crippen molar-refractivity contribution in [2.45, 2.75) is 57.3 Å². The van der Waals surface area contributed by atoms with Crippen LogP contribution in [0.15, 0.2) is 12.4 Å². The largest absolute Gasteiger partial charge is 0.391 e. The maximum atomic E-state index is 12.8. The van der Waals surface area contributed by atoms with Gasteiger partial charge < -0.3 is 10.3 Å². The van der Waals surface area contributed by atoms with Crippen LogP contribution in [-0.2, 0) is 0 Å². The standard InChI is InChI=1S/C13H20F3N3/c1-2-11(12-17-6-7-18-12)19-10-5-3-4-9(8-10)13(14,15)16/h6-7,9-11,19H,2-5,8H2,1H3,(H,17,18). The average Bonchev–Trinajstić information content (AvgIpc) is 2.89. The number of H-pyrrole nitrogens is 1. The molecule has 2 rings (SSSR count). The van der Waals surface area contributed by atoms with Crippen LogP contribution in [-0.4, -0.2) is 22.2 Å². The van der Waals surface area contributed by atoms with Crippen LogP contribution in [0.3, 0.4) is 0 Å². The molecule has 0 radical (unpaired) electrons. The number of rotatable bonds is 4. The fourth-order valence-electron chi connectivity index (χ4n) is 2.78. The van der Waals surface area contributed by atoms with Crippen LogP contribution < -0.4 is 5.32 Å². The Balaban J connectivity index is 1.94. The third kappa shape index (κ3) is 3.72. The number of aromatic nitrogens is 2. The molecule has 1 fully saturated rings. The van der Waals surface area contributed by atoms with Gasteiger partial charge in [0, 0.05) is 18.4 Å². The zero-order chi connectivity index (χ0) is 13.9. The van der Waals surface area contributed by atoms with Gasteiger partial charge in [0.15, 0.2) is 0 Å². The molecule has 0 aliphatic heterocycles. The smallest absolute Gasteiger partial charge is 0.347 e. The molecular formula is C13H20F3N3. The van der Waals surface area contributed by atoms with Gasteiger partial charge in [0.25, 0.3) is 0 Å². The predicted molar refractivity (Wildman–Crippen MR) is 66.6 cm³/mol. The van der Waals surface area contributed by atoms with Crippen molar-refractivity contribution in [2.75, 3.05) is 0 Å². The van der Waals surface area contributed by atoms with Crippen LogP contribution >= 0.6 is 0 Å². The third-order valence-electron chi connectivity index (χ3n) is 3.83. The summed E-state index contributed by atoms with van der Waals surface area (Å²) in [5.74, 6) is -0.357. The highest BCUT2D eigenvalue weighted by atomic mass is 19.4. The van der Waals surface area contributed by atoms with E-state index in [1.807, 2.05) is 6.92 Å². The lowest BCUT2D eigenvalue weighted by atomic mass is 9.85. The molecule has 1 aliphatic rings. The molecule has 3 nitrogen and oxygen atoms in total. The minimum Gasteiger partial charge on any atom is -0.347 e. The molecule has 1 heterocycles. The van der Waals surface area contributed by atoms with E-state index in [2.05, 4.69) is 15.3 Å². The maximum Gasteiger partial charge on any atom is 0.391 e. The number of hydrogen-bond acceptors (Lipinski definition) is 2. The lowest BCUT2D eigenvalue weighted by molar-refractivity contribution is -0.183. The molecule has 1 saturated carbocycles. The summed E-state index contributed by atoms with van der Waals surface area (Å²) in [6.45, 7) is 2.00. The molecule has 108 valence electrons. The van der Waals surface area contributed by atoms with Crippen molar-refractivity contribution < 1.29 is 13.2 Å². The Morgan fingerprint density at radius 2 is 2.26 bits per heavy atom. The van der Waals surface area contributed by atoms with E-state index >= 15 is 0 Å². The lowest BCUT2D eigenvalue weighted by Crippen LogP contribution is -2.40. The van der Waals surface area contributed by atoms with E-state index in [1.165, 1.54) is 0 Å². The minimum atomic E-state index is -4.06. The quantitative estimate of drug-likeness (QED) is 0.882. The van der Waals surface area contributed by atoms with Gasteiger partial charge in [-0.3, -0.25) is 0 Å². The molecular weight excluding hydrogens is 255 g/mol.